The smallest absolute Gasteiger partial charge is 0.0511 e. The quantitative estimate of drug-likeness (QED) is 0.893. The molecule has 0 bridgehead atoms. The van der Waals surface area contributed by atoms with Crippen LogP contribution < -0.4 is 10.2 Å². The third-order valence-electron chi connectivity index (χ3n) is 4.38. The zero-order valence-corrected chi connectivity index (χ0v) is 15.5. The van der Waals surface area contributed by atoms with Crippen molar-refractivity contribution >= 4 is 21.6 Å². The Hall–Kier alpha value is -0.580. The van der Waals surface area contributed by atoms with E-state index in [0.717, 1.165) is 26.2 Å². The minimum atomic E-state index is 0.218. The highest BCUT2D eigenvalue weighted by Crippen LogP contribution is 2.31. The third-order valence-corrected chi connectivity index (χ3v) is 5.02. The largest absolute Gasteiger partial charge is 0.368 e. The first kappa shape index (κ1) is 16.8. The van der Waals surface area contributed by atoms with E-state index in [2.05, 4.69) is 84.0 Å². The van der Waals surface area contributed by atoms with Crippen LogP contribution in [0.15, 0.2) is 22.7 Å². The number of benzene rings is 1. The van der Waals surface area contributed by atoms with Gasteiger partial charge in [0.2, 0.25) is 0 Å². The van der Waals surface area contributed by atoms with Gasteiger partial charge in [0, 0.05) is 42.2 Å². The Labute approximate surface area is 137 Å². The normalized spacial score (nSPS) is 19.3. The molecule has 0 atom stereocenters. The maximum atomic E-state index is 3.76. The van der Waals surface area contributed by atoms with Crippen molar-refractivity contribution in [1.82, 2.24) is 10.2 Å². The van der Waals surface area contributed by atoms with Crippen molar-refractivity contribution < 1.29 is 0 Å². The average molecular weight is 354 g/mol. The predicted molar refractivity (Wildman–Crippen MR) is 95.0 cm³/mol. The van der Waals surface area contributed by atoms with Crippen LogP contribution in [0.5, 0.6) is 0 Å². The number of anilines is 1. The van der Waals surface area contributed by atoms with Crippen LogP contribution in [0.3, 0.4) is 0 Å². The highest BCUT2D eigenvalue weighted by atomic mass is 79.9. The minimum Gasteiger partial charge on any atom is -0.368 e. The summed E-state index contributed by atoms with van der Waals surface area (Å²) in [6, 6.07) is 7.25. The fourth-order valence-corrected chi connectivity index (χ4v) is 3.36. The summed E-state index contributed by atoms with van der Waals surface area (Å²) < 4.78 is 1.20. The van der Waals surface area contributed by atoms with Crippen LogP contribution >= 0.6 is 15.9 Å². The lowest BCUT2D eigenvalue weighted by Crippen LogP contribution is -2.57. The van der Waals surface area contributed by atoms with Crippen molar-refractivity contribution in [2.24, 2.45) is 0 Å². The van der Waals surface area contributed by atoms with E-state index in [1.54, 1.807) is 0 Å². The van der Waals surface area contributed by atoms with E-state index in [1.165, 1.54) is 15.7 Å². The molecule has 3 nitrogen and oxygen atoms in total. The molecule has 0 radical (unpaired) electrons. The topological polar surface area (TPSA) is 18.5 Å². The number of hydrogen-bond acceptors (Lipinski definition) is 3. The van der Waals surface area contributed by atoms with Crippen molar-refractivity contribution in [3.05, 3.63) is 28.2 Å². The fourth-order valence-electron chi connectivity index (χ4n) is 2.68. The molecule has 4 heteroatoms. The van der Waals surface area contributed by atoms with Gasteiger partial charge in [0.05, 0.1) is 5.69 Å². The average Bonchev–Trinajstić information content (AvgIpc) is 2.40. The zero-order valence-electron chi connectivity index (χ0n) is 13.9. The summed E-state index contributed by atoms with van der Waals surface area (Å²) >= 11 is 3.76. The van der Waals surface area contributed by atoms with Crippen LogP contribution in [0.2, 0.25) is 0 Å². The first-order valence-corrected chi connectivity index (χ1v) is 8.57. The molecule has 1 heterocycles. The third kappa shape index (κ3) is 4.21. The van der Waals surface area contributed by atoms with E-state index in [4.69, 9.17) is 0 Å². The number of rotatable bonds is 4. The molecule has 0 aromatic heterocycles. The molecule has 1 N–H and O–H groups in total. The van der Waals surface area contributed by atoms with Gasteiger partial charge in [-0.2, -0.15) is 0 Å². The van der Waals surface area contributed by atoms with Gasteiger partial charge in [0.25, 0.3) is 0 Å². The molecular weight excluding hydrogens is 326 g/mol. The summed E-state index contributed by atoms with van der Waals surface area (Å²) in [5.41, 5.74) is 2.85. The van der Waals surface area contributed by atoms with Crippen LogP contribution in [-0.2, 0) is 6.54 Å². The Morgan fingerprint density at radius 2 is 2.00 bits per heavy atom. The summed E-state index contributed by atoms with van der Waals surface area (Å²) in [5, 5.41) is 3.47. The van der Waals surface area contributed by atoms with Crippen molar-refractivity contribution in [1.29, 1.82) is 0 Å². The summed E-state index contributed by atoms with van der Waals surface area (Å²) in [5.74, 6) is 0. The Morgan fingerprint density at radius 3 is 2.57 bits per heavy atom. The first-order chi connectivity index (χ1) is 9.79. The molecule has 1 aromatic rings. The number of piperazine rings is 1. The Kier molecular flexibility index (Phi) is 5.33. The number of halogens is 1. The molecule has 0 aliphatic carbocycles. The number of nitrogens with zero attached hydrogens (tertiary/aromatic N) is 2. The lowest BCUT2D eigenvalue weighted by molar-refractivity contribution is 0.139. The van der Waals surface area contributed by atoms with E-state index >= 15 is 0 Å². The maximum Gasteiger partial charge on any atom is 0.0511 e. The van der Waals surface area contributed by atoms with Gasteiger partial charge in [0.1, 0.15) is 0 Å². The lowest BCUT2D eigenvalue weighted by atomic mass is 9.99. The van der Waals surface area contributed by atoms with E-state index in [0.29, 0.717) is 6.04 Å². The Morgan fingerprint density at radius 1 is 1.29 bits per heavy atom. The van der Waals surface area contributed by atoms with Crippen molar-refractivity contribution in [3.63, 3.8) is 0 Å². The lowest BCUT2D eigenvalue weighted by Gasteiger charge is -2.46. The van der Waals surface area contributed by atoms with Crippen LogP contribution in [0, 0.1) is 0 Å². The van der Waals surface area contributed by atoms with Gasteiger partial charge in [-0.3, -0.25) is 4.90 Å². The Balaban J connectivity index is 2.10. The standard InChI is InChI=1S/C17H28BrN3/c1-13(2)19-11-14-6-7-16(15(18)10-14)21-9-8-20(5)17(3,4)12-21/h6-7,10,13,19H,8-9,11-12H2,1-5H3. The van der Waals surface area contributed by atoms with Crippen LogP contribution in [0.1, 0.15) is 33.3 Å². The zero-order chi connectivity index (χ0) is 15.6. The second-order valence-electron chi connectivity index (χ2n) is 6.98. The molecule has 0 spiro atoms. The van der Waals surface area contributed by atoms with Crippen LogP contribution in [0.4, 0.5) is 5.69 Å². The van der Waals surface area contributed by atoms with Gasteiger partial charge >= 0.3 is 0 Å². The second-order valence-corrected chi connectivity index (χ2v) is 7.83. The summed E-state index contributed by atoms with van der Waals surface area (Å²) in [4.78, 5) is 4.93. The summed E-state index contributed by atoms with van der Waals surface area (Å²) in [6.45, 7) is 13.2. The molecule has 1 aromatic carbocycles. The Bertz CT molecular complexity index is 485. The molecule has 118 valence electrons. The predicted octanol–water partition coefficient (Wildman–Crippen LogP) is 3.48. The summed E-state index contributed by atoms with van der Waals surface area (Å²) in [6.07, 6.45) is 0. The van der Waals surface area contributed by atoms with Gasteiger partial charge < -0.3 is 10.2 Å². The number of nitrogens with one attached hydrogen (secondary N) is 1. The fraction of sp³-hybridized carbons (Fsp3) is 0.647. The van der Waals surface area contributed by atoms with Gasteiger partial charge in [-0.05, 0) is 54.5 Å². The van der Waals surface area contributed by atoms with Crippen LogP contribution in [0.25, 0.3) is 0 Å². The van der Waals surface area contributed by atoms with E-state index in [-0.39, 0.29) is 5.54 Å². The highest BCUT2D eigenvalue weighted by Gasteiger charge is 2.31. The monoisotopic (exact) mass is 353 g/mol. The molecule has 1 fully saturated rings. The minimum absolute atomic E-state index is 0.218. The molecule has 1 saturated heterocycles. The maximum absolute atomic E-state index is 3.76. The second kappa shape index (κ2) is 6.67. The molecule has 21 heavy (non-hydrogen) atoms. The molecular formula is C17H28BrN3. The molecule has 0 amide bonds. The van der Waals surface area contributed by atoms with Gasteiger partial charge in [-0.25, -0.2) is 0 Å². The van der Waals surface area contributed by atoms with Crippen molar-refractivity contribution in [3.8, 4) is 0 Å². The molecule has 0 saturated carbocycles. The van der Waals surface area contributed by atoms with Gasteiger partial charge in [-0.1, -0.05) is 19.9 Å². The van der Waals surface area contributed by atoms with Crippen molar-refractivity contribution in [2.45, 2.75) is 45.8 Å². The van der Waals surface area contributed by atoms with Crippen LogP contribution in [-0.4, -0.2) is 43.2 Å². The number of likely N-dealkylation sites (N-methyl/N-ethyl adjacent to an activating group) is 1. The van der Waals surface area contributed by atoms with E-state index < -0.39 is 0 Å². The highest BCUT2D eigenvalue weighted by molar-refractivity contribution is 9.10. The first-order valence-electron chi connectivity index (χ1n) is 7.77. The molecule has 0 unspecified atom stereocenters. The molecule has 1 aliphatic heterocycles. The SMILES string of the molecule is CC(C)NCc1ccc(N2CCN(C)C(C)(C)C2)c(Br)c1. The summed E-state index contributed by atoms with van der Waals surface area (Å²) in [7, 11) is 2.22. The van der Waals surface area contributed by atoms with E-state index in [9.17, 15) is 0 Å². The van der Waals surface area contributed by atoms with E-state index in [1.807, 2.05) is 0 Å². The van der Waals surface area contributed by atoms with Crippen molar-refractivity contribution in [2.75, 3.05) is 31.6 Å². The molecule has 2 rings (SSSR count). The van der Waals surface area contributed by atoms with Gasteiger partial charge in [-0.15, -0.1) is 0 Å². The van der Waals surface area contributed by atoms with Gasteiger partial charge in [0.15, 0.2) is 0 Å². The number of hydrogen-bond donors (Lipinski definition) is 1. The molecule has 1 aliphatic rings.